The first-order valence-electron chi connectivity index (χ1n) is 7.97. The molecule has 0 saturated heterocycles. The number of benzene rings is 1. The fraction of sp³-hybridized carbons (Fsp3) is 0.167. The molecular weight excluding hydrogens is 368 g/mol. The van der Waals surface area contributed by atoms with Crippen LogP contribution in [0.3, 0.4) is 0 Å². The molecule has 8 nitrogen and oxygen atoms in total. The zero-order chi connectivity index (χ0) is 18.8. The molecule has 1 aromatic carbocycles. The van der Waals surface area contributed by atoms with Crippen LogP contribution in [-0.4, -0.2) is 41.1 Å². The van der Waals surface area contributed by atoms with Crippen molar-refractivity contribution in [2.24, 2.45) is 0 Å². The molecule has 0 radical (unpaired) electrons. The third-order valence-corrected chi connectivity index (χ3v) is 4.73. The molecule has 9 heteroatoms. The van der Waals surface area contributed by atoms with Crippen molar-refractivity contribution in [3.8, 4) is 28.6 Å². The third kappa shape index (κ3) is 3.13. The Balaban J connectivity index is 1.76. The largest absolute Gasteiger partial charge is 0.493 e. The summed E-state index contributed by atoms with van der Waals surface area (Å²) >= 11 is 1.42. The van der Waals surface area contributed by atoms with E-state index < -0.39 is 0 Å². The Morgan fingerprint density at radius 2 is 1.81 bits per heavy atom. The molecule has 3 heterocycles. The minimum Gasteiger partial charge on any atom is -0.493 e. The van der Waals surface area contributed by atoms with E-state index in [2.05, 4.69) is 15.3 Å². The van der Waals surface area contributed by atoms with Crippen LogP contribution in [0.25, 0.3) is 28.5 Å². The highest BCUT2D eigenvalue weighted by atomic mass is 32.1. The minimum atomic E-state index is 0.518. The quantitative estimate of drug-likeness (QED) is 0.502. The molecule has 0 fully saturated rings. The van der Waals surface area contributed by atoms with Gasteiger partial charge in [0.1, 0.15) is 10.8 Å². The number of fused-ring (bicyclic) bond motifs is 1. The van der Waals surface area contributed by atoms with Gasteiger partial charge < -0.3 is 18.6 Å². The molecule has 0 aliphatic carbocycles. The summed E-state index contributed by atoms with van der Waals surface area (Å²) in [5.74, 6) is 2.93. The van der Waals surface area contributed by atoms with Crippen molar-refractivity contribution in [3.63, 3.8) is 0 Å². The lowest BCUT2D eigenvalue weighted by atomic mass is 10.1. The van der Waals surface area contributed by atoms with Crippen LogP contribution in [0.1, 0.15) is 10.8 Å². The van der Waals surface area contributed by atoms with Crippen LogP contribution in [-0.2, 0) is 0 Å². The van der Waals surface area contributed by atoms with Crippen molar-refractivity contribution in [2.45, 2.75) is 0 Å². The Morgan fingerprint density at radius 1 is 1.04 bits per heavy atom. The van der Waals surface area contributed by atoms with Crippen LogP contribution in [0.4, 0.5) is 0 Å². The second-order valence-electron chi connectivity index (χ2n) is 5.42. The summed E-state index contributed by atoms with van der Waals surface area (Å²) in [5, 5.41) is 13.8. The van der Waals surface area contributed by atoms with Gasteiger partial charge in [0, 0.05) is 5.56 Å². The molecule has 0 aliphatic heterocycles. The highest BCUT2D eigenvalue weighted by Crippen LogP contribution is 2.41. The zero-order valence-electron chi connectivity index (χ0n) is 14.9. The van der Waals surface area contributed by atoms with Gasteiger partial charge in [0.2, 0.25) is 10.7 Å². The smallest absolute Gasteiger partial charge is 0.235 e. The van der Waals surface area contributed by atoms with Gasteiger partial charge in [-0.2, -0.15) is 9.61 Å². The van der Waals surface area contributed by atoms with E-state index in [9.17, 15) is 0 Å². The molecule has 0 bridgehead atoms. The lowest BCUT2D eigenvalue weighted by Gasteiger charge is -2.13. The Labute approximate surface area is 158 Å². The first kappa shape index (κ1) is 17.1. The Bertz CT molecular complexity index is 1070. The predicted octanol–water partition coefficient (Wildman–Crippen LogP) is 3.64. The summed E-state index contributed by atoms with van der Waals surface area (Å²) in [5.41, 5.74) is 0.754. The summed E-state index contributed by atoms with van der Waals surface area (Å²) in [4.78, 5) is 0.679. The lowest BCUT2D eigenvalue weighted by Crippen LogP contribution is -1.97. The fourth-order valence-corrected chi connectivity index (χ4v) is 3.37. The lowest BCUT2D eigenvalue weighted by molar-refractivity contribution is 0.324. The van der Waals surface area contributed by atoms with Gasteiger partial charge in [-0.25, -0.2) is 0 Å². The van der Waals surface area contributed by atoms with Crippen molar-refractivity contribution < 1.29 is 18.6 Å². The first-order chi connectivity index (χ1) is 13.2. The van der Waals surface area contributed by atoms with Crippen molar-refractivity contribution >= 4 is 28.4 Å². The molecule has 0 N–H and O–H groups in total. The van der Waals surface area contributed by atoms with Crippen LogP contribution >= 0.6 is 11.3 Å². The monoisotopic (exact) mass is 384 g/mol. The predicted molar refractivity (Wildman–Crippen MR) is 101 cm³/mol. The van der Waals surface area contributed by atoms with E-state index in [4.69, 9.17) is 18.6 Å². The molecule has 0 spiro atoms. The maximum absolute atomic E-state index is 5.41. The number of hydrogen-bond donors (Lipinski definition) is 0. The second kappa shape index (κ2) is 7.12. The number of aromatic nitrogens is 4. The van der Waals surface area contributed by atoms with Gasteiger partial charge in [0.05, 0.1) is 27.6 Å². The van der Waals surface area contributed by atoms with E-state index in [1.54, 1.807) is 32.1 Å². The zero-order valence-corrected chi connectivity index (χ0v) is 15.7. The minimum absolute atomic E-state index is 0.518. The Morgan fingerprint density at radius 3 is 2.44 bits per heavy atom. The summed E-state index contributed by atoms with van der Waals surface area (Å²) in [6.45, 7) is 0. The number of nitrogens with zero attached hydrogens (tertiary/aromatic N) is 4. The van der Waals surface area contributed by atoms with Crippen LogP contribution < -0.4 is 14.2 Å². The fourth-order valence-electron chi connectivity index (χ4n) is 2.63. The Hall–Kier alpha value is -3.33. The summed E-state index contributed by atoms with van der Waals surface area (Å²) in [6.07, 6.45) is 5.35. The maximum Gasteiger partial charge on any atom is 0.235 e. The molecule has 4 aromatic rings. The van der Waals surface area contributed by atoms with E-state index in [-0.39, 0.29) is 0 Å². The standard InChI is InChI=1S/C18H16N4O4S/c1-23-13-9-11(10-14(24-2)16(13)25-3)17-19-20-18-22(17)21-15(27-18)7-6-12-5-4-8-26-12/h4-10H,1-3H3. The average Bonchev–Trinajstić information content (AvgIpc) is 3.42. The van der Waals surface area contributed by atoms with Crippen LogP contribution in [0.5, 0.6) is 17.2 Å². The molecule has 138 valence electrons. The van der Waals surface area contributed by atoms with E-state index in [1.807, 2.05) is 36.4 Å². The van der Waals surface area contributed by atoms with Gasteiger partial charge >= 0.3 is 0 Å². The normalized spacial score (nSPS) is 11.4. The average molecular weight is 384 g/mol. The molecule has 0 unspecified atom stereocenters. The van der Waals surface area contributed by atoms with Crippen molar-refractivity contribution in [1.82, 2.24) is 19.8 Å². The van der Waals surface area contributed by atoms with Crippen molar-refractivity contribution in [2.75, 3.05) is 21.3 Å². The van der Waals surface area contributed by atoms with Crippen LogP contribution in [0.15, 0.2) is 34.9 Å². The molecule has 0 atom stereocenters. The highest BCUT2D eigenvalue weighted by Gasteiger charge is 2.18. The van der Waals surface area contributed by atoms with E-state index in [0.29, 0.717) is 28.0 Å². The van der Waals surface area contributed by atoms with Gasteiger partial charge in [0.25, 0.3) is 0 Å². The van der Waals surface area contributed by atoms with Crippen molar-refractivity contribution in [3.05, 3.63) is 41.3 Å². The topological polar surface area (TPSA) is 83.9 Å². The Kier molecular flexibility index (Phi) is 4.51. The SMILES string of the molecule is COc1cc(-c2nnc3sc(C=Cc4ccco4)nn23)cc(OC)c1OC. The summed E-state index contributed by atoms with van der Waals surface area (Å²) < 4.78 is 23.2. The number of hydrogen-bond acceptors (Lipinski definition) is 8. The van der Waals surface area contributed by atoms with Gasteiger partial charge in [-0.1, -0.05) is 11.3 Å². The highest BCUT2D eigenvalue weighted by molar-refractivity contribution is 7.17. The third-order valence-electron chi connectivity index (χ3n) is 3.86. The number of rotatable bonds is 6. The van der Waals surface area contributed by atoms with Crippen LogP contribution in [0, 0.1) is 0 Å². The summed E-state index contributed by atoms with van der Waals surface area (Å²) in [7, 11) is 4.70. The molecule has 4 rings (SSSR count). The summed E-state index contributed by atoms with van der Waals surface area (Å²) in [6, 6.07) is 7.34. The molecule has 0 amide bonds. The van der Waals surface area contributed by atoms with E-state index in [0.717, 1.165) is 16.3 Å². The van der Waals surface area contributed by atoms with Crippen molar-refractivity contribution in [1.29, 1.82) is 0 Å². The van der Waals surface area contributed by atoms with E-state index >= 15 is 0 Å². The van der Waals surface area contributed by atoms with Crippen LogP contribution in [0.2, 0.25) is 0 Å². The molecule has 27 heavy (non-hydrogen) atoms. The van der Waals surface area contributed by atoms with Gasteiger partial charge in [-0.05, 0) is 36.4 Å². The molecular formula is C18H16N4O4S. The van der Waals surface area contributed by atoms with Gasteiger partial charge in [-0.15, -0.1) is 10.2 Å². The van der Waals surface area contributed by atoms with Gasteiger partial charge in [-0.3, -0.25) is 0 Å². The van der Waals surface area contributed by atoms with E-state index in [1.165, 1.54) is 11.3 Å². The first-order valence-corrected chi connectivity index (χ1v) is 8.79. The second-order valence-corrected chi connectivity index (χ2v) is 6.41. The molecule has 0 saturated carbocycles. The maximum atomic E-state index is 5.41. The number of furan rings is 1. The number of ether oxygens (including phenoxy) is 3. The molecule has 0 aliphatic rings. The van der Waals surface area contributed by atoms with Gasteiger partial charge in [0.15, 0.2) is 17.3 Å². The molecule has 3 aromatic heterocycles. The number of methoxy groups -OCH3 is 3.